The molecule has 5 heteroatoms. The van der Waals surface area contributed by atoms with Gasteiger partial charge in [-0.1, -0.05) is 22.9 Å². The molecule has 1 heterocycles. The summed E-state index contributed by atoms with van der Waals surface area (Å²) in [6.07, 6.45) is 2.43. The standard InChI is InChI=1S/C10H17BrN2O2/c1-3-7(11)10(15)13-6-4-5-8(13)9(14)12-2/h7-8H,3-6H2,1-2H3,(H,12,14). The third kappa shape index (κ3) is 2.71. The zero-order chi connectivity index (χ0) is 11.4. The Bertz CT molecular complexity index is 258. The SMILES string of the molecule is CCC(Br)C(=O)N1CCCC1C(=O)NC. The Morgan fingerprint density at radius 2 is 2.27 bits per heavy atom. The van der Waals surface area contributed by atoms with E-state index in [4.69, 9.17) is 0 Å². The van der Waals surface area contributed by atoms with Crippen LogP contribution in [-0.4, -0.2) is 41.2 Å². The lowest BCUT2D eigenvalue weighted by Gasteiger charge is -2.25. The summed E-state index contributed by atoms with van der Waals surface area (Å²) < 4.78 is 0. The number of carbonyl (C=O) groups is 2. The number of nitrogens with one attached hydrogen (secondary N) is 1. The fraction of sp³-hybridized carbons (Fsp3) is 0.800. The van der Waals surface area contributed by atoms with Crippen molar-refractivity contribution in [1.82, 2.24) is 10.2 Å². The van der Waals surface area contributed by atoms with Gasteiger partial charge < -0.3 is 10.2 Å². The van der Waals surface area contributed by atoms with E-state index >= 15 is 0 Å². The number of alkyl halides is 1. The number of hydrogen-bond donors (Lipinski definition) is 1. The summed E-state index contributed by atoms with van der Waals surface area (Å²) in [7, 11) is 1.61. The van der Waals surface area contributed by atoms with E-state index in [1.54, 1.807) is 11.9 Å². The van der Waals surface area contributed by atoms with Gasteiger partial charge >= 0.3 is 0 Å². The van der Waals surface area contributed by atoms with Crippen LogP contribution < -0.4 is 5.32 Å². The lowest BCUT2D eigenvalue weighted by Crippen LogP contribution is -2.47. The predicted molar refractivity (Wildman–Crippen MR) is 61.8 cm³/mol. The molecule has 0 aromatic carbocycles. The van der Waals surface area contributed by atoms with Crippen LogP contribution in [0.15, 0.2) is 0 Å². The van der Waals surface area contributed by atoms with Crippen molar-refractivity contribution in [2.75, 3.05) is 13.6 Å². The van der Waals surface area contributed by atoms with Gasteiger partial charge in [0.05, 0.1) is 4.83 Å². The van der Waals surface area contributed by atoms with E-state index in [9.17, 15) is 9.59 Å². The fourth-order valence-corrected chi connectivity index (χ4v) is 2.09. The monoisotopic (exact) mass is 276 g/mol. The minimum Gasteiger partial charge on any atom is -0.357 e. The first-order valence-electron chi connectivity index (χ1n) is 5.28. The van der Waals surface area contributed by atoms with Gasteiger partial charge in [0.25, 0.3) is 0 Å². The molecule has 0 spiro atoms. The minimum absolute atomic E-state index is 0.0311. The maximum absolute atomic E-state index is 11.9. The summed E-state index contributed by atoms with van der Waals surface area (Å²) in [6.45, 7) is 2.64. The fourth-order valence-electron chi connectivity index (χ4n) is 1.82. The van der Waals surface area contributed by atoms with Crippen LogP contribution in [0.25, 0.3) is 0 Å². The van der Waals surface area contributed by atoms with E-state index in [2.05, 4.69) is 21.2 Å². The molecule has 4 nitrogen and oxygen atoms in total. The van der Waals surface area contributed by atoms with Crippen LogP contribution in [0.1, 0.15) is 26.2 Å². The number of rotatable bonds is 3. The van der Waals surface area contributed by atoms with E-state index < -0.39 is 0 Å². The Morgan fingerprint density at radius 1 is 1.60 bits per heavy atom. The summed E-state index contributed by atoms with van der Waals surface area (Å²) >= 11 is 3.33. The lowest BCUT2D eigenvalue weighted by atomic mass is 10.2. The highest BCUT2D eigenvalue weighted by atomic mass is 79.9. The number of likely N-dealkylation sites (tertiary alicyclic amines) is 1. The van der Waals surface area contributed by atoms with Crippen LogP contribution in [0.3, 0.4) is 0 Å². The van der Waals surface area contributed by atoms with E-state index in [1.807, 2.05) is 6.92 Å². The Balaban J connectivity index is 2.68. The second-order valence-electron chi connectivity index (χ2n) is 3.68. The molecule has 2 amide bonds. The van der Waals surface area contributed by atoms with E-state index in [1.165, 1.54) is 0 Å². The van der Waals surface area contributed by atoms with Gasteiger partial charge in [-0.15, -0.1) is 0 Å². The lowest BCUT2D eigenvalue weighted by molar-refractivity contribution is -0.137. The quantitative estimate of drug-likeness (QED) is 0.779. The van der Waals surface area contributed by atoms with Crippen LogP contribution in [0.5, 0.6) is 0 Å². The molecular weight excluding hydrogens is 260 g/mol. The number of likely N-dealkylation sites (N-methyl/N-ethyl adjacent to an activating group) is 1. The van der Waals surface area contributed by atoms with E-state index in [0.29, 0.717) is 6.54 Å². The highest BCUT2D eigenvalue weighted by molar-refractivity contribution is 9.10. The van der Waals surface area contributed by atoms with E-state index in [-0.39, 0.29) is 22.7 Å². The van der Waals surface area contributed by atoms with Gasteiger partial charge in [-0.25, -0.2) is 0 Å². The molecule has 1 N–H and O–H groups in total. The van der Waals surface area contributed by atoms with Gasteiger partial charge in [-0.05, 0) is 19.3 Å². The minimum atomic E-state index is -0.269. The van der Waals surface area contributed by atoms with Gasteiger partial charge in [-0.3, -0.25) is 9.59 Å². The first kappa shape index (κ1) is 12.5. The molecule has 1 fully saturated rings. The Hall–Kier alpha value is -0.580. The highest BCUT2D eigenvalue weighted by Crippen LogP contribution is 2.21. The van der Waals surface area contributed by atoms with Crippen molar-refractivity contribution in [3.05, 3.63) is 0 Å². The number of nitrogens with zero attached hydrogens (tertiary/aromatic N) is 1. The Morgan fingerprint density at radius 3 is 2.80 bits per heavy atom. The molecule has 0 aromatic rings. The molecule has 1 rings (SSSR count). The number of carbonyl (C=O) groups excluding carboxylic acids is 2. The van der Waals surface area contributed by atoms with Crippen molar-refractivity contribution in [3.8, 4) is 0 Å². The van der Waals surface area contributed by atoms with Crippen molar-refractivity contribution in [2.45, 2.75) is 37.1 Å². The number of hydrogen-bond acceptors (Lipinski definition) is 2. The summed E-state index contributed by atoms with van der Waals surface area (Å²) in [6, 6.07) is -0.269. The molecule has 86 valence electrons. The summed E-state index contributed by atoms with van der Waals surface area (Å²) in [5, 5.41) is 2.60. The van der Waals surface area contributed by atoms with Gasteiger partial charge in [0.1, 0.15) is 6.04 Å². The number of amides is 2. The van der Waals surface area contributed by atoms with Crippen molar-refractivity contribution >= 4 is 27.7 Å². The normalized spacial score (nSPS) is 22.6. The topological polar surface area (TPSA) is 49.4 Å². The summed E-state index contributed by atoms with van der Waals surface area (Å²) in [5.74, 6) is -0.0275. The molecular formula is C10H17BrN2O2. The first-order valence-corrected chi connectivity index (χ1v) is 6.19. The average molecular weight is 277 g/mol. The van der Waals surface area contributed by atoms with Crippen molar-refractivity contribution < 1.29 is 9.59 Å². The second-order valence-corrected chi connectivity index (χ2v) is 4.79. The maximum atomic E-state index is 11.9. The van der Waals surface area contributed by atoms with Crippen molar-refractivity contribution in [1.29, 1.82) is 0 Å². The number of halogens is 1. The third-order valence-corrected chi connectivity index (χ3v) is 3.75. The molecule has 0 aromatic heterocycles. The van der Waals surface area contributed by atoms with Crippen LogP contribution in [-0.2, 0) is 9.59 Å². The molecule has 0 bridgehead atoms. The predicted octanol–water partition coefficient (Wildman–Crippen LogP) is 0.897. The molecule has 0 radical (unpaired) electrons. The summed E-state index contributed by atoms with van der Waals surface area (Å²) in [4.78, 5) is 24.9. The average Bonchev–Trinajstić information content (AvgIpc) is 2.74. The second kappa shape index (κ2) is 5.49. The zero-order valence-corrected chi connectivity index (χ0v) is 10.7. The van der Waals surface area contributed by atoms with Crippen LogP contribution in [0.2, 0.25) is 0 Å². The molecule has 1 saturated heterocycles. The van der Waals surface area contributed by atoms with Crippen LogP contribution in [0, 0.1) is 0 Å². The largest absolute Gasteiger partial charge is 0.357 e. The highest BCUT2D eigenvalue weighted by Gasteiger charge is 2.35. The molecule has 1 aliphatic heterocycles. The van der Waals surface area contributed by atoms with Crippen LogP contribution in [0.4, 0.5) is 0 Å². The Labute approximate surface area is 98.5 Å². The molecule has 1 aliphatic rings. The molecule has 2 unspecified atom stereocenters. The molecule has 0 aliphatic carbocycles. The smallest absolute Gasteiger partial charge is 0.242 e. The van der Waals surface area contributed by atoms with Gasteiger partial charge in [0.15, 0.2) is 0 Å². The van der Waals surface area contributed by atoms with Gasteiger partial charge in [0, 0.05) is 13.6 Å². The molecule has 2 atom stereocenters. The van der Waals surface area contributed by atoms with Crippen LogP contribution >= 0.6 is 15.9 Å². The van der Waals surface area contributed by atoms with Crippen molar-refractivity contribution in [2.24, 2.45) is 0 Å². The van der Waals surface area contributed by atoms with Gasteiger partial charge in [0.2, 0.25) is 11.8 Å². The molecule has 0 saturated carbocycles. The third-order valence-electron chi connectivity index (χ3n) is 2.71. The van der Waals surface area contributed by atoms with Gasteiger partial charge in [-0.2, -0.15) is 0 Å². The first-order chi connectivity index (χ1) is 7.11. The maximum Gasteiger partial charge on any atom is 0.242 e. The Kier molecular flexibility index (Phi) is 4.57. The summed E-state index contributed by atoms with van der Waals surface area (Å²) in [5.41, 5.74) is 0. The van der Waals surface area contributed by atoms with E-state index in [0.717, 1.165) is 19.3 Å². The molecule has 15 heavy (non-hydrogen) atoms. The van der Waals surface area contributed by atoms with Crippen molar-refractivity contribution in [3.63, 3.8) is 0 Å². The zero-order valence-electron chi connectivity index (χ0n) is 9.12.